The largest absolute Gasteiger partial charge is 0.755 e. The van der Waals surface area contributed by atoms with Crippen molar-refractivity contribution in [2.75, 3.05) is 4.31 Å². The zero-order valence-electron chi connectivity index (χ0n) is 12.1. The van der Waals surface area contributed by atoms with Crippen LogP contribution in [0.3, 0.4) is 0 Å². The Labute approximate surface area is 135 Å². The monoisotopic (exact) mass is 332 g/mol. The fourth-order valence-electron chi connectivity index (χ4n) is 2.83. The Kier molecular flexibility index (Phi) is 4.06. The van der Waals surface area contributed by atoms with Gasteiger partial charge in [-0.15, -0.1) is 0 Å². The first kappa shape index (κ1) is 15.5. The fraction of sp³-hybridized carbons (Fsp3) is 0.188. The van der Waals surface area contributed by atoms with Gasteiger partial charge in [0.15, 0.2) is 0 Å². The summed E-state index contributed by atoms with van der Waals surface area (Å²) in [7, 11) is 0. The number of aromatic carboxylic acids is 1. The predicted molar refractivity (Wildman–Crippen MR) is 84.6 cm³/mol. The summed E-state index contributed by atoms with van der Waals surface area (Å²) in [5, 5.41) is 18.7. The van der Waals surface area contributed by atoms with E-state index in [4.69, 9.17) is 5.11 Å². The van der Waals surface area contributed by atoms with Crippen LogP contribution in [0, 0.1) is 0 Å². The van der Waals surface area contributed by atoms with Crippen LogP contribution in [-0.4, -0.2) is 24.9 Å². The third-order valence-electron chi connectivity index (χ3n) is 3.91. The number of rotatable bonds is 4. The van der Waals surface area contributed by atoms with E-state index in [0.717, 1.165) is 35.2 Å². The predicted octanol–water partition coefficient (Wildman–Crippen LogP) is 2.51. The highest BCUT2D eigenvalue weighted by molar-refractivity contribution is 7.81. The van der Waals surface area contributed by atoms with E-state index in [2.05, 4.69) is 0 Å². The van der Waals surface area contributed by atoms with E-state index in [1.807, 2.05) is 12.1 Å². The summed E-state index contributed by atoms with van der Waals surface area (Å²) in [6.07, 6.45) is 2.95. The van der Waals surface area contributed by atoms with E-state index in [1.54, 1.807) is 6.07 Å². The molecule has 2 aromatic carbocycles. The SMILES string of the molecule is O=C(O)c1ccc(N(c2ccc3c(c2)CCC3)S(=O)[O-])cc1O. The number of phenols is 1. The molecule has 1 aliphatic rings. The summed E-state index contributed by atoms with van der Waals surface area (Å²) in [5.74, 6) is -1.76. The van der Waals surface area contributed by atoms with Gasteiger partial charge in [0.25, 0.3) is 0 Å². The van der Waals surface area contributed by atoms with Crippen LogP contribution >= 0.6 is 0 Å². The van der Waals surface area contributed by atoms with Crippen molar-refractivity contribution >= 4 is 28.6 Å². The molecule has 0 fully saturated rings. The zero-order chi connectivity index (χ0) is 16.6. The summed E-state index contributed by atoms with van der Waals surface area (Å²) in [5.41, 5.74) is 2.69. The summed E-state index contributed by atoms with van der Waals surface area (Å²) in [6.45, 7) is 0. The van der Waals surface area contributed by atoms with Crippen LogP contribution in [0.25, 0.3) is 0 Å². The number of carboxylic acids is 1. The summed E-state index contributed by atoms with van der Waals surface area (Å²) < 4.78 is 24.3. The number of aromatic hydroxyl groups is 1. The van der Waals surface area contributed by atoms with Gasteiger partial charge in [-0.1, -0.05) is 6.07 Å². The van der Waals surface area contributed by atoms with Gasteiger partial charge < -0.3 is 14.8 Å². The molecule has 0 amide bonds. The molecule has 2 N–H and O–H groups in total. The molecule has 0 saturated heterocycles. The van der Waals surface area contributed by atoms with Gasteiger partial charge in [-0.2, -0.15) is 0 Å². The Hall–Kier alpha value is -2.38. The lowest BCUT2D eigenvalue weighted by molar-refractivity contribution is 0.0694. The molecule has 1 aliphatic carbocycles. The van der Waals surface area contributed by atoms with Gasteiger partial charge in [0, 0.05) is 6.07 Å². The topological polar surface area (TPSA) is 101 Å². The van der Waals surface area contributed by atoms with Crippen LogP contribution in [0.1, 0.15) is 27.9 Å². The van der Waals surface area contributed by atoms with Gasteiger partial charge in [0.05, 0.1) is 22.6 Å². The van der Waals surface area contributed by atoms with E-state index in [1.165, 1.54) is 17.7 Å². The smallest absolute Gasteiger partial charge is 0.339 e. The van der Waals surface area contributed by atoms with E-state index in [9.17, 15) is 18.7 Å². The molecule has 23 heavy (non-hydrogen) atoms. The number of carboxylic acid groups (broad SMARTS) is 1. The quantitative estimate of drug-likeness (QED) is 0.838. The van der Waals surface area contributed by atoms with E-state index in [0.29, 0.717) is 5.69 Å². The zero-order valence-corrected chi connectivity index (χ0v) is 12.9. The molecule has 2 aromatic rings. The van der Waals surface area contributed by atoms with Crippen LogP contribution in [0.2, 0.25) is 0 Å². The van der Waals surface area contributed by atoms with Gasteiger partial charge in [0.2, 0.25) is 0 Å². The molecule has 0 heterocycles. The Morgan fingerprint density at radius 1 is 1.09 bits per heavy atom. The van der Waals surface area contributed by atoms with Crippen LogP contribution in [0.5, 0.6) is 5.75 Å². The van der Waals surface area contributed by atoms with Crippen molar-refractivity contribution in [3.8, 4) is 5.75 Å². The number of carbonyl (C=O) groups is 1. The Bertz CT molecular complexity index is 805. The number of anilines is 2. The van der Waals surface area contributed by atoms with Crippen molar-refractivity contribution in [2.45, 2.75) is 19.3 Å². The molecule has 0 aliphatic heterocycles. The molecular weight excluding hydrogens is 318 g/mol. The maximum absolute atomic E-state index is 11.7. The van der Waals surface area contributed by atoms with Crippen molar-refractivity contribution in [1.29, 1.82) is 0 Å². The van der Waals surface area contributed by atoms with Crippen LogP contribution < -0.4 is 4.31 Å². The average molecular weight is 332 g/mol. The third kappa shape index (κ3) is 2.93. The minimum atomic E-state index is -2.60. The molecule has 7 heteroatoms. The number of aryl methyl sites for hydroxylation is 2. The molecule has 0 aromatic heterocycles. The first-order valence-electron chi connectivity index (χ1n) is 7.05. The number of hydrogen-bond donors (Lipinski definition) is 2. The second kappa shape index (κ2) is 6.02. The van der Waals surface area contributed by atoms with E-state index < -0.39 is 23.0 Å². The molecule has 120 valence electrons. The normalized spacial score (nSPS) is 14.3. The third-order valence-corrected chi connectivity index (χ3v) is 4.63. The summed E-state index contributed by atoms with van der Waals surface area (Å²) in [4.78, 5) is 10.9. The molecule has 0 bridgehead atoms. The van der Waals surface area contributed by atoms with Gasteiger partial charge in [-0.3, -0.25) is 8.51 Å². The minimum Gasteiger partial charge on any atom is -0.755 e. The highest BCUT2D eigenvalue weighted by atomic mass is 32.2. The molecule has 0 spiro atoms. The molecule has 0 saturated carbocycles. The molecule has 0 radical (unpaired) electrons. The molecule has 1 unspecified atom stereocenters. The molecule has 6 nitrogen and oxygen atoms in total. The Morgan fingerprint density at radius 3 is 2.39 bits per heavy atom. The first-order chi connectivity index (χ1) is 11.0. The number of hydrogen-bond acceptors (Lipinski definition) is 4. The summed E-state index contributed by atoms with van der Waals surface area (Å²) in [6, 6.07) is 9.10. The van der Waals surface area contributed by atoms with Crippen molar-refractivity contribution < 1.29 is 23.8 Å². The lowest BCUT2D eigenvalue weighted by Gasteiger charge is -2.27. The van der Waals surface area contributed by atoms with Crippen molar-refractivity contribution in [3.63, 3.8) is 0 Å². The molecular formula is C16H14NO5S-. The van der Waals surface area contributed by atoms with Gasteiger partial charge in [-0.25, -0.2) is 4.79 Å². The lowest BCUT2D eigenvalue weighted by atomic mass is 10.1. The van der Waals surface area contributed by atoms with Crippen LogP contribution in [0.15, 0.2) is 36.4 Å². The highest BCUT2D eigenvalue weighted by Gasteiger charge is 2.18. The standard InChI is InChI=1S/C16H15NO5S/c18-15-9-13(6-7-14(15)16(19)20)17(23(21)22)12-5-4-10-2-1-3-11(10)8-12/h4-9,18H,1-3H2,(H,19,20)(H,21,22)/p-1. The van der Waals surface area contributed by atoms with Gasteiger partial charge in [-0.05, 0) is 54.7 Å². The number of nitrogens with zero attached hydrogens (tertiary/aromatic N) is 1. The molecule has 3 rings (SSSR count). The van der Waals surface area contributed by atoms with E-state index >= 15 is 0 Å². The van der Waals surface area contributed by atoms with Crippen molar-refractivity contribution in [2.24, 2.45) is 0 Å². The minimum absolute atomic E-state index is 0.179. The van der Waals surface area contributed by atoms with Crippen LogP contribution in [-0.2, 0) is 24.1 Å². The van der Waals surface area contributed by atoms with Gasteiger partial charge in [0.1, 0.15) is 11.3 Å². The lowest BCUT2D eigenvalue weighted by Crippen LogP contribution is -2.19. The maximum Gasteiger partial charge on any atom is 0.339 e. The van der Waals surface area contributed by atoms with Gasteiger partial charge >= 0.3 is 5.97 Å². The average Bonchev–Trinajstić information content (AvgIpc) is 2.94. The maximum atomic E-state index is 11.7. The highest BCUT2D eigenvalue weighted by Crippen LogP contribution is 2.34. The summed E-state index contributed by atoms with van der Waals surface area (Å²) >= 11 is -2.60. The fourth-order valence-corrected chi connectivity index (χ4v) is 3.40. The first-order valence-corrected chi connectivity index (χ1v) is 8.08. The second-order valence-corrected chi connectivity index (χ2v) is 6.12. The van der Waals surface area contributed by atoms with E-state index in [-0.39, 0.29) is 11.3 Å². The van der Waals surface area contributed by atoms with Crippen molar-refractivity contribution in [3.05, 3.63) is 53.1 Å². The van der Waals surface area contributed by atoms with Crippen LogP contribution in [0.4, 0.5) is 11.4 Å². The Morgan fingerprint density at radius 2 is 1.74 bits per heavy atom. The number of fused-ring (bicyclic) bond motifs is 1. The van der Waals surface area contributed by atoms with Crippen molar-refractivity contribution in [1.82, 2.24) is 0 Å². The Balaban J connectivity index is 2.04. The second-order valence-electron chi connectivity index (χ2n) is 5.32. The number of benzene rings is 2. The molecule has 1 atom stereocenters.